The minimum atomic E-state index is -2.46. The van der Waals surface area contributed by atoms with E-state index in [9.17, 15) is 4.21 Å². The molecule has 0 amide bonds. The smallest absolute Gasteiger partial charge is 0.196 e. The van der Waals surface area contributed by atoms with Gasteiger partial charge < -0.3 is 0 Å². The third-order valence-electron chi connectivity index (χ3n) is 1.13. The molecule has 1 rings (SSSR count). The molecule has 6 heteroatoms. The van der Waals surface area contributed by atoms with Crippen LogP contribution >= 0.6 is 23.2 Å². The molecule has 1 aromatic rings. The molecule has 0 N–H and O–H groups in total. The van der Waals surface area contributed by atoms with Crippen LogP contribution in [0.25, 0.3) is 0 Å². The second kappa shape index (κ2) is 3.28. The first-order chi connectivity index (χ1) is 5.39. The normalized spacial score (nSPS) is 13.0. The van der Waals surface area contributed by atoms with E-state index >= 15 is 0 Å². The van der Waals surface area contributed by atoms with Gasteiger partial charge in [-0.15, -0.1) is 0 Å². The zero-order valence-electron chi connectivity index (χ0n) is 6.58. The zero-order valence-corrected chi connectivity index (χ0v) is 8.99. The Morgan fingerprint density at radius 1 is 1.25 bits per heavy atom. The van der Waals surface area contributed by atoms with Crippen LogP contribution in [0.2, 0.25) is 10.3 Å². The topological polar surface area (TPSA) is 42.9 Å². The van der Waals surface area contributed by atoms with Crippen molar-refractivity contribution < 1.29 is 4.21 Å². The molecule has 68 valence electrons. The van der Waals surface area contributed by atoms with Gasteiger partial charge in [-0.2, -0.15) is 0 Å². The predicted molar refractivity (Wildman–Crippen MR) is 51.7 cm³/mol. The van der Waals surface area contributed by atoms with E-state index in [0.717, 1.165) is 0 Å². The summed E-state index contributed by atoms with van der Waals surface area (Å²) in [6.07, 6.45) is 3.13. The van der Waals surface area contributed by atoms with Crippen LogP contribution in [0.1, 0.15) is 0 Å². The van der Waals surface area contributed by atoms with E-state index in [1.165, 1.54) is 6.07 Å². The van der Waals surface area contributed by atoms with Crippen LogP contribution < -0.4 is 0 Å². The number of hydrogen-bond donors (Lipinski definition) is 1. The van der Waals surface area contributed by atoms with Crippen LogP contribution in [0.4, 0.5) is 0 Å². The van der Waals surface area contributed by atoms with Gasteiger partial charge in [-0.3, -0.25) is 4.21 Å². The lowest BCUT2D eigenvalue weighted by molar-refractivity contribution is 0.670. The summed E-state index contributed by atoms with van der Waals surface area (Å²) in [5.74, 6) is 0. The Hall–Kier alpha value is -0.190. The largest absolute Gasteiger partial charge is 0.278 e. The first kappa shape index (κ1) is 9.89. The third kappa shape index (κ3) is 2.40. The van der Waals surface area contributed by atoms with Gasteiger partial charge in [0.25, 0.3) is 0 Å². The molecule has 0 saturated heterocycles. The van der Waals surface area contributed by atoms with E-state index in [4.69, 9.17) is 23.2 Å². The Morgan fingerprint density at radius 2 is 1.67 bits per heavy atom. The number of aromatic nitrogens is 2. The van der Waals surface area contributed by atoms with Crippen LogP contribution in [0.5, 0.6) is 0 Å². The maximum atomic E-state index is 11.5. The Balaban J connectivity index is 3.27. The molecule has 0 atom stereocenters. The third-order valence-corrected chi connectivity index (χ3v) is 2.68. The average molecular weight is 227 g/mol. The highest BCUT2D eigenvalue weighted by Crippen LogP contribution is 2.16. The van der Waals surface area contributed by atoms with Crippen LogP contribution in [-0.4, -0.2) is 26.7 Å². The highest BCUT2D eigenvalue weighted by atomic mass is 35.5. The van der Waals surface area contributed by atoms with Gasteiger partial charge >= 0.3 is 0 Å². The number of hydrogen-bond acceptors (Lipinski definition) is 3. The monoisotopic (exact) mass is 226 g/mol. The molecule has 12 heavy (non-hydrogen) atoms. The van der Waals surface area contributed by atoms with Gasteiger partial charge in [-0.25, -0.2) is 9.97 Å². The maximum Gasteiger partial charge on any atom is 0.196 e. The van der Waals surface area contributed by atoms with Crippen LogP contribution in [0.15, 0.2) is 11.2 Å². The minimum absolute atomic E-state index is 0.217. The van der Waals surface area contributed by atoms with Gasteiger partial charge in [-0.05, 0) is 12.5 Å². The lowest BCUT2D eigenvalue weighted by Crippen LogP contribution is -2.11. The summed E-state index contributed by atoms with van der Waals surface area (Å²) in [5.41, 5.74) is 0. The summed E-state index contributed by atoms with van der Waals surface area (Å²) in [6, 6.07) is 1.41. The average Bonchev–Trinajstić information content (AvgIpc) is 1.82. The Kier molecular flexibility index (Phi) is 2.70. The van der Waals surface area contributed by atoms with Crippen molar-refractivity contribution in [3.8, 4) is 0 Å². The summed E-state index contributed by atoms with van der Waals surface area (Å²) in [4.78, 5) is 7.62. The van der Waals surface area contributed by atoms with Crippen molar-refractivity contribution in [2.24, 2.45) is 0 Å². The first-order valence-electron chi connectivity index (χ1n) is 3.15. The summed E-state index contributed by atoms with van der Waals surface area (Å²) in [6.45, 7) is 0. The molecule has 3 nitrogen and oxygen atoms in total. The summed E-state index contributed by atoms with van der Waals surface area (Å²) in [7, 11) is -2.46. The molecule has 1 aromatic heterocycles. The molecular formula is C6H8Cl2N2OS. The summed E-state index contributed by atoms with van der Waals surface area (Å²) >= 11 is 11.2. The Morgan fingerprint density at radius 3 is 2.00 bits per heavy atom. The molecule has 0 aliphatic heterocycles. The number of rotatable bonds is 1. The summed E-state index contributed by atoms with van der Waals surface area (Å²) in [5, 5.41) is 0.655. The lowest BCUT2D eigenvalue weighted by atomic mass is 10.7. The van der Waals surface area contributed by atoms with Crippen molar-refractivity contribution in [2.75, 3.05) is 12.5 Å². The maximum absolute atomic E-state index is 11.5. The Bertz CT molecular complexity index is 329. The summed E-state index contributed by atoms with van der Waals surface area (Å²) < 4.78 is 11.5. The fourth-order valence-corrected chi connectivity index (χ4v) is 1.86. The molecule has 0 bridgehead atoms. The predicted octanol–water partition coefficient (Wildman–Crippen LogP) is 1.42. The van der Waals surface area contributed by atoms with E-state index in [2.05, 4.69) is 9.97 Å². The fraction of sp³-hybridized carbons (Fsp3) is 0.333. The van der Waals surface area contributed by atoms with Crippen molar-refractivity contribution in [2.45, 2.75) is 5.16 Å². The number of nitrogens with zero attached hydrogens (tertiary/aromatic N) is 2. The van der Waals surface area contributed by atoms with Gasteiger partial charge in [0.2, 0.25) is 0 Å². The second-order valence-electron chi connectivity index (χ2n) is 2.66. The van der Waals surface area contributed by atoms with E-state index in [-0.39, 0.29) is 15.5 Å². The Labute approximate surface area is 81.5 Å². The van der Waals surface area contributed by atoms with E-state index < -0.39 is 9.93 Å². The van der Waals surface area contributed by atoms with Gasteiger partial charge in [-0.1, -0.05) is 33.1 Å². The van der Waals surface area contributed by atoms with Crippen molar-refractivity contribution in [1.29, 1.82) is 0 Å². The highest BCUT2D eigenvalue weighted by molar-refractivity contribution is 8.01. The second-order valence-corrected chi connectivity index (χ2v) is 6.54. The van der Waals surface area contributed by atoms with Crippen LogP contribution in [0.3, 0.4) is 0 Å². The molecule has 0 unspecified atom stereocenters. The fourth-order valence-electron chi connectivity index (χ4n) is 0.620. The molecule has 0 spiro atoms. The van der Waals surface area contributed by atoms with Gasteiger partial charge in [0.1, 0.15) is 10.3 Å². The lowest BCUT2D eigenvalue weighted by Gasteiger charge is -2.09. The molecule has 0 fully saturated rings. The number of thiol groups is 1. The van der Waals surface area contributed by atoms with E-state index in [0.29, 0.717) is 0 Å². The number of halogens is 2. The minimum Gasteiger partial charge on any atom is -0.278 e. The van der Waals surface area contributed by atoms with Crippen molar-refractivity contribution in [1.82, 2.24) is 9.97 Å². The van der Waals surface area contributed by atoms with Crippen LogP contribution in [-0.2, 0) is 9.93 Å². The van der Waals surface area contributed by atoms with Gasteiger partial charge in [0, 0.05) is 6.07 Å². The van der Waals surface area contributed by atoms with Crippen molar-refractivity contribution in [3.05, 3.63) is 16.4 Å². The van der Waals surface area contributed by atoms with E-state index in [1.54, 1.807) is 12.5 Å². The zero-order chi connectivity index (χ0) is 9.35. The van der Waals surface area contributed by atoms with Gasteiger partial charge in [0.05, 0.1) is 0 Å². The molecule has 0 radical (unpaired) electrons. The van der Waals surface area contributed by atoms with Crippen molar-refractivity contribution in [3.63, 3.8) is 0 Å². The SMILES string of the molecule is C[SH](C)(=O)c1nc(Cl)cc(Cl)n1. The first-order valence-corrected chi connectivity index (χ1v) is 6.51. The van der Waals surface area contributed by atoms with E-state index in [1.807, 2.05) is 0 Å². The quantitative estimate of drug-likeness (QED) is 0.448. The van der Waals surface area contributed by atoms with Crippen molar-refractivity contribution >= 4 is 33.1 Å². The molecular weight excluding hydrogens is 219 g/mol. The van der Waals surface area contributed by atoms with Crippen LogP contribution in [0, 0.1) is 0 Å². The molecule has 0 saturated carbocycles. The highest BCUT2D eigenvalue weighted by Gasteiger charge is 2.10. The standard InChI is InChI=1S/C6H8Cl2N2OS/c1-12(2,11)6-9-4(7)3-5(8)10-6/h3,12H,1-2H3. The molecule has 1 heterocycles. The molecule has 0 aliphatic carbocycles. The molecule has 0 aliphatic rings. The molecule has 0 aromatic carbocycles. The van der Waals surface area contributed by atoms with Gasteiger partial charge in [0.15, 0.2) is 5.16 Å².